The molecule has 5 atom stereocenters. The first-order valence-electron chi connectivity index (χ1n) is 36.3. The second kappa shape index (κ2) is 61.0. The molecule has 0 saturated heterocycles. The first-order valence-corrected chi connectivity index (χ1v) is 39.3. The molecule has 0 aliphatic carbocycles. The Hall–Kier alpha value is -1.94. The zero-order chi connectivity index (χ0) is 65.9. The molecule has 2 unspecified atom stereocenters. The summed E-state index contributed by atoms with van der Waals surface area (Å²) >= 11 is 0. The van der Waals surface area contributed by atoms with Crippen molar-refractivity contribution in [1.82, 2.24) is 0 Å². The molecule has 0 radical (unpaired) electrons. The minimum Gasteiger partial charge on any atom is -0.462 e. The lowest BCUT2D eigenvalue weighted by Crippen LogP contribution is -2.30. The molecule has 0 bridgehead atoms. The highest BCUT2D eigenvalue weighted by Gasteiger charge is 2.30. The maximum atomic E-state index is 13.0. The number of esters is 4. The Morgan fingerprint density at radius 2 is 0.517 bits per heavy atom. The van der Waals surface area contributed by atoms with Crippen LogP contribution < -0.4 is 0 Å². The molecule has 0 rings (SSSR count). The number of carbonyl (C=O) groups is 4. The van der Waals surface area contributed by atoms with Crippen LogP contribution in [0.2, 0.25) is 0 Å². The van der Waals surface area contributed by atoms with Crippen LogP contribution in [-0.4, -0.2) is 96.7 Å². The highest BCUT2D eigenvalue weighted by atomic mass is 31.2. The van der Waals surface area contributed by atoms with Gasteiger partial charge in [0.1, 0.15) is 19.3 Å². The molecule has 0 aromatic heterocycles. The van der Waals surface area contributed by atoms with Crippen molar-refractivity contribution in [1.29, 1.82) is 0 Å². The van der Waals surface area contributed by atoms with Crippen molar-refractivity contribution in [3.8, 4) is 0 Å². The Morgan fingerprint density at radius 1 is 0.303 bits per heavy atom. The number of phosphoric acid groups is 2. The molecule has 528 valence electrons. The van der Waals surface area contributed by atoms with Gasteiger partial charge in [-0.05, 0) is 43.4 Å². The molecule has 17 nitrogen and oxygen atoms in total. The number of hydrogen-bond donors (Lipinski definition) is 3. The third kappa shape index (κ3) is 64.6. The van der Waals surface area contributed by atoms with Gasteiger partial charge in [-0.3, -0.25) is 37.3 Å². The van der Waals surface area contributed by atoms with Crippen molar-refractivity contribution < 1.29 is 80.2 Å². The Labute approximate surface area is 543 Å². The van der Waals surface area contributed by atoms with E-state index in [-0.39, 0.29) is 25.7 Å². The van der Waals surface area contributed by atoms with Crippen LogP contribution in [-0.2, 0) is 65.4 Å². The third-order valence-corrected chi connectivity index (χ3v) is 18.0. The normalized spacial score (nSPS) is 14.2. The average Bonchev–Trinajstić information content (AvgIpc) is 3.59. The fourth-order valence-corrected chi connectivity index (χ4v) is 12.1. The van der Waals surface area contributed by atoms with Crippen LogP contribution in [0, 0.1) is 17.8 Å². The van der Waals surface area contributed by atoms with Crippen LogP contribution in [0.25, 0.3) is 0 Å². The number of rotatable bonds is 68. The lowest BCUT2D eigenvalue weighted by molar-refractivity contribution is -0.161. The van der Waals surface area contributed by atoms with Crippen molar-refractivity contribution in [3.63, 3.8) is 0 Å². The lowest BCUT2D eigenvalue weighted by atomic mass is 10.0. The molecule has 0 heterocycles. The number of hydrogen-bond acceptors (Lipinski definition) is 15. The second-order valence-electron chi connectivity index (χ2n) is 26.7. The molecule has 19 heteroatoms. The summed E-state index contributed by atoms with van der Waals surface area (Å²) in [4.78, 5) is 72.5. The molecule has 0 fully saturated rings. The zero-order valence-electron chi connectivity index (χ0n) is 57.9. The average molecular weight is 1310 g/mol. The van der Waals surface area contributed by atoms with Crippen molar-refractivity contribution in [2.75, 3.05) is 39.6 Å². The van der Waals surface area contributed by atoms with Gasteiger partial charge in [0.25, 0.3) is 0 Å². The maximum Gasteiger partial charge on any atom is 0.472 e. The quantitative estimate of drug-likeness (QED) is 0.0222. The number of phosphoric ester groups is 2. The SMILES string of the molecule is CCCCCCCCCCCCCCCC(=O)OC[C@H](COP(=O)(O)OC[C@@H](O)COP(=O)(O)OC[C@@H](COC(=O)CCCCCCCCC(C)C)OC(=O)CCCCCCCCCCCC(C)C)OC(=O)CCCCCCCCCCCCCCC(C)C. The summed E-state index contributed by atoms with van der Waals surface area (Å²) in [5.74, 6) is 0.0650. The smallest absolute Gasteiger partial charge is 0.462 e. The fourth-order valence-electron chi connectivity index (χ4n) is 10.5. The van der Waals surface area contributed by atoms with Crippen LogP contribution in [0.5, 0.6) is 0 Å². The van der Waals surface area contributed by atoms with E-state index in [4.69, 9.17) is 37.0 Å². The van der Waals surface area contributed by atoms with Crippen molar-refractivity contribution >= 4 is 39.5 Å². The third-order valence-electron chi connectivity index (χ3n) is 16.1. The molecule has 0 aromatic rings. The minimum atomic E-state index is -4.95. The maximum absolute atomic E-state index is 13.0. The van der Waals surface area contributed by atoms with Gasteiger partial charge in [-0.15, -0.1) is 0 Å². The first-order chi connectivity index (χ1) is 42.7. The second-order valence-corrected chi connectivity index (χ2v) is 29.6. The van der Waals surface area contributed by atoms with Crippen molar-refractivity contribution in [2.45, 2.75) is 369 Å². The van der Waals surface area contributed by atoms with Crippen molar-refractivity contribution in [3.05, 3.63) is 0 Å². The Balaban J connectivity index is 5.25. The van der Waals surface area contributed by atoms with Gasteiger partial charge in [0.15, 0.2) is 12.2 Å². The number of aliphatic hydroxyl groups is 1. The van der Waals surface area contributed by atoms with Crippen LogP contribution >= 0.6 is 15.6 Å². The summed E-state index contributed by atoms with van der Waals surface area (Å²) in [6.45, 7) is 11.8. The van der Waals surface area contributed by atoms with E-state index in [9.17, 15) is 43.2 Å². The Morgan fingerprint density at radius 3 is 0.764 bits per heavy atom. The van der Waals surface area contributed by atoms with E-state index in [1.165, 1.54) is 154 Å². The summed E-state index contributed by atoms with van der Waals surface area (Å²) in [7, 11) is -9.90. The Kier molecular flexibility index (Phi) is 59.6. The minimum absolute atomic E-state index is 0.104. The molecule has 0 amide bonds. The molecule has 0 spiro atoms. The molecule has 0 saturated carbocycles. The highest BCUT2D eigenvalue weighted by Crippen LogP contribution is 2.45. The number of aliphatic hydroxyl groups excluding tert-OH is 1. The largest absolute Gasteiger partial charge is 0.472 e. The zero-order valence-corrected chi connectivity index (χ0v) is 59.7. The van der Waals surface area contributed by atoms with Crippen LogP contribution in [0.1, 0.15) is 350 Å². The summed E-state index contributed by atoms with van der Waals surface area (Å²) in [6.07, 6.45) is 44.5. The predicted molar refractivity (Wildman–Crippen MR) is 358 cm³/mol. The standard InChI is InChI=1S/C70H136O17P2/c1-8-9-10-11-12-13-14-15-19-24-29-37-44-51-67(72)80-57-65(86-69(74)53-46-39-30-25-20-17-16-18-22-27-34-41-48-61(2)3)59-84-88(76,77)82-55-64(71)56-83-89(78,79)85-60-66(58-81-68(73)52-45-38-33-32-36-43-50-63(6)7)87-70(75)54-47-40-31-26-21-23-28-35-42-49-62(4)5/h61-66,71H,8-60H2,1-7H3,(H,76,77)(H,78,79)/t64-,65-,66-/m1/s1. The van der Waals surface area contributed by atoms with Gasteiger partial charge in [0, 0.05) is 25.7 Å². The topological polar surface area (TPSA) is 237 Å². The number of ether oxygens (including phenoxy) is 4. The van der Waals surface area contributed by atoms with E-state index in [1.807, 2.05) is 0 Å². The fraction of sp³-hybridized carbons (Fsp3) is 0.943. The monoisotopic (exact) mass is 1310 g/mol. The Bertz CT molecular complexity index is 1750. The van der Waals surface area contributed by atoms with Gasteiger partial charge in [0.05, 0.1) is 26.4 Å². The van der Waals surface area contributed by atoms with Gasteiger partial charge in [-0.1, -0.05) is 299 Å². The van der Waals surface area contributed by atoms with E-state index >= 15 is 0 Å². The van der Waals surface area contributed by atoms with Gasteiger partial charge < -0.3 is 33.8 Å². The summed E-state index contributed by atoms with van der Waals surface area (Å²) in [5.41, 5.74) is 0. The molecule has 0 aromatic carbocycles. The van der Waals surface area contributed by atoms with Gasteiger partial charge in [0.2, 0.25) is 0 Å². The molecular weight excluding hydrogens is 1170 g/mol. The van der Waals surface area contributed by atoms with Crippen molar-refractivity contribution in [2.24, 2.45) is 17.8 Å². The van der Waals surface area contributed by atoms with E-state index in [0.29, 0.717) is 31.6 Å². The molecule has 0 aliphatic rings. The van der Waals surface area contributed by atoms with E-state index in [0.717, 1.165) is 108 Å². The molecule has 89 heavy (non-hydrogen) atoms. The molecule has 0 aliphatic heterocycles. The van der Waals surface area contributed by atoms with E-state index < -0.39 is 97.5 Å². The molecule has 3 N–H and O–H groups in total. The number of carbonyl (C=O) groups excluding carboxylic acids is 4. The van der Waals surface area contributed by atoms with Crippen LogP contribution in [0.3, 0.4) is 0 Å². The van der Waals surface area contributed by atoms with Gasteiger partial charge in [-0.2, -0.15) is 0 Å². The summed E-state index contributed by atoms with van der Waals surface area (Å²) < 4.78 is 68.3. The van der Waals surface area contributed by atoms with E-state index in [2.05, 4.69) is 48.5 Å². The van der Waals surface area contributed by atoms with E-state index in [1.54, 1.807) is 0 Å². The summed E-state index contributed by atoms with van der Waals surface area (Å²) in [6, 6.07) is 0. The molecular formula is C70H136O17P2. The lowest BCUT2D eigenvalue weighted by Gasteiger charge is -2.21. The first kappa shape index (κ1) is 87.1. The number of unbranched alkanes of at least 4 members (excludes halogenated alkanes) is 36. The van der Waals surface area contributed by atoms with Gasteiger partial charge >= 0.3 is 39.5 Å². The predicted octanol–water partition coefficient (Wildman–Crippen LogP) is 19.8. The van der Waals surface area contributed by atoms with Crippen LogP contribution in [0.15, 0.2) is 0 Å². The highest BCUT2D eigenvalue weighted by molar-refractivity contribution is 7.47. The van der Waals surface area contributed by atoms with Crippen LogP contribution in [0.4, 0.5) is 0 Å². The van der Waals surface area contributed by atoms with Gasteiger partial charge in [-0.25, -0.2) is 9.13 Å². The summed E-state index contributed by atoms with van der Waals surface area (Å²) in [5, 5.41) is 10.6.